The van der Waals surface area contributed by atoms with Gasteiger partial charge in [-0.25, -0.2) is 4.98 Å². The molecule has 0 aliphatic carbocycles. The number of hydrogen-bond donors (Lipinski definition) is 1. The summed E-state index contributed by atoms with van der Waals surface area (Å²) in [5.41, 5.74) is 7.56. The zero-order chi connectivity index (χ0) is 14.0. The van der Waals surface area contributed by atoms with Crippen molar-refractivity contribution >= 4 is 22.4 Å². The molecule has 1 aromatic heterocycles. The SMILES string of the molecule is CC(C)CC(C)N(C)c1ccc2cc(N)ccc2n1. The standard InChI is InChI=1S/C16H23N3/c1-11(2)9-12(3)19(4)16-8-5-13-10-14(17)6-7-15(13)18-16/h5-8,10-12H,9,17H2,1-4H3. The molecule has 0 radical (unpaired) electrons. The van der Waals surface area contributed by atoms with E-state index in [1.807, 2.05) is 18.2 Å². The summed E-state index contributed by atoms with van der Waals surface area (Å²) in [5, 5.41) is 1.09. The molecule has 0 fully saturated rings. The van der Waals surface area contributed by atoms with Crippen LogP contribution in [0.3, 0.4) is 0 Å². The smallest absolute Gasteiger partial charge is 0.129 e. The van der Waals surface area contributed by atoms with Gasteiger partial charge in [-0.15, -0.1) is 0 Å². The van der Waals surface area contributed by atoms with E-state index in [9.17, 15) is 0 Å². The van der Waals surface area contributed by atoms with Gasteiger partial charge in [-0.1, -0.05) is 13.8 Å². The minimum atomic E-state index is 0.485. The fraction of sp³-hybridized carbons (Fsp3) is 0.438. The zero-order valence-electron chi connectivity index (χ0n) is 12.2. The summed E-state index contributed by atoms with van der Waals surface area (Å²) in [5.74, 6) is 1.71. The minimum Gasteiger partial charge on any atom is -0.399 e. The topological polar surface area (TPSA) is 42.1 Å². The van der Waals surface area contributed by atoms with Crippen LogP contribution in [0.1, 0.15) is 27.2 Å². The Morgan fingerprint density at radius 2 is 1.89 bits per heavy atom. The number of aromatic nitrogens is 1. The maximum absolute atomic E-state index is 5.79. The normalized spacial score (nSPS) is 12.9. The van der Waals surface area contributed by atoms with Crippen molar-refractivity contribution in [2.75, 3.05) is 17.7 Å². The third-order valence-electron chi connectivity index (χ3n) is 3.53. The molecule has 3 nitrogen and oxygen atoms in total. The molecule has 3 heteroatoms. The van der Waals surface area contributed by atoms with Crippen molar-refractivity contribution in [3.8, 4) is 0 Å². The van der Waals surface area contributed by atoms with Crippen LogP contribution >= 0.6 is 0 Å². The summed E-state index contributed by atoms with van der Waals surface area (Å²) >= 11 is 0. The highest BCUT2D eigenvalue weighted by molar-refractivity contribution is 5.83. The van der Waals surface area contributed by atoms with Crippen LogP contribution in [0.4, 0.5) is 11.5 Å². The summed E-state index contributed by atoms with van der Waals surface area (Å²) in [6, 6.07) is 10.5. The molecule has 0 saturated heterocycles. The Labute approximate surface area is 115 Å². The highest BCUT2D eigenvalue weighted by atomic mass is 15.2. The lowest BCUT2D eigenvalue weighted by Gasteiger charge is -2.27. The summed E-state index contributed by atoms with van der Waals surface area (Å²) in [7, 11) is 2.11. The second-order valence-corrected chi connectivity index (χ2v) is 5.71. The maximum Gasteiger partial charge on any atom is 0.129 e. The Hall–Kier alpha value is -1.77. The third-order valence-corrected chi connectivity index (χ3v) is 3.53. The number of anilines is 2. The van der Waals surface area contributed by atoms with Gasteiger partial charge >= 0.3 is 0 Å². The molecule has 1 heterocycles. The van der Waals surface area contributed by atoms with Crippen molar-refractivity contribution < 1.29 is 0 Å². The summed E-state index contributed by atoms with van der Waals surface area (Å²) in [6.45, 7) is 6.75. The summed E-state index contributed by atoms with van der Waals surface area (Å²) in [6.07, 6.45) is 1.16. The fourth-order valence-corrected chi connectivity index (χ4v) is 2.40. The number of pyridine rings is 1. The molecule has 19 heavy (non-hydrogen) atoms. The van der Waals surface area contributed by atoms with E-state index in [2.05, 4.69) is 44.9 Å². The first-order valence-electron chi connectivity index (χ1n) is 6.86. The van der Waals surface area contributed by atoms with E-state index in [0.717, 1.165) is 28.8 Å². The van der Waals surface area contributed by atoms with Crippen LogP contribution in [0, 0.1) is 5.92 Å². The minimum absolute atomic E-state index is 0.485. The Bertz CT molecular complexity index is 563. The Morgan fingerprint density at radius 3 is 2.58 bits per heavy atom. The maximum atomic E-state index is 5.79. The zero-order valence-corrected chi connectivity index (χ0v) is 12.2. The average Bonchev–Trinajstić information content (AvgIpc) is 2.36. The van der Waals surface area contributed by atoms with Gasteiger partial charge in [-0.2, -0.15) is 0 Å². The van der Waals surface area contributed by atoms with Crippen LogP contribution in [0.25, 0.3) is 10.9 Å². The van der Waals surface area contributed by atoms with Gasteiger partial charge in [0.05, 0.1) is 5.52 Å². The Balaban J connectivity index is 2.27. The molecule has 0 bridgehead atoms. The molecule has 0 saturated carbocycles. The number of nitrogens with two attached hydrogens (primary N) is 1. The molecule has 2 aromatic rings. The summed E-state index contributed by atoms with van der Waals surface area (Å²) in [4.78, 5) is 6.96. The van der Waals surface area contributed by atoms with E-state index >= 15 is 0 Å². The fourth-order valence-electron chi connectivity index (χ4n) is 2.40. The van der Waals surface area contributed by atoms with Crippen molar-refractivity contribution in [2.24, 2.45) is 5.92 Å². The van der Waals surface area contributed by atoms with E-state index in [0.29, 0.717) is 12.0 Å². The predicted molar refractivity (Wildman–Crippen MR) is 83.5 cm³/mol. The molecule has 0 aliphatic rings. The van der Waals surface area contributed by atoms with Gasteiger partial charge in [0.2, 0.25) is 0 Å². The van der Waals surface area contributed by atoms with Gasteiger partial charge < -0.3 is 10.6 Å². The van der Waals surface area contributed by atoms with Crippen LogP contribution in [0.15, 0.2) is 30.3 Å². The lowest BCUT2D eigenvalue weighted by molar-refractivity contribution is 0.502. The molecule has 1 atom stereocenters. The van der Waals surface area contributed by atoms with Crippen molar-refractivity contribution in [3.63, 3.8) is 0 Å². The van der Waals surface area contributed by atoms with E-state index in [4.69, 9.17) is 10.7 Å². The van der Waals surface area contributed by atoms with Gasteiger partial charge in [-0.3, -0.25) is 0 Å². The number of nitrogens with zero attached hydrogens (tertiary/aromatic N) is 2. The van der Waals surface area contributed by atoms with Crippen molar-refractivity contribution in [1.29, 1.82) is 0 Å². The van der Waals surface area contributed by atoms with Crippen LogP contribution < -0.4 is 10.6 Å². The molecule has 2 rings (SSSR count). The number of nitrogen functional groups attached to an aromatic ring is 1. The first-order chi connectivity index (χ1) is 8.97. The Kier molecular flexibility index (Phi) is 3.93. The molecule has 102 valence electrons. The van der Waals surface area contributed by atoms with Crippen molar-refractivity contribution in [1.82, 2.24) is 4.98 Å². The Morgan fingerprint density at radius 1 is 1.16 bits per heavy atom. The van der Waals surface area contributed by atoms with Crippen LogP contribution in [-0.4, -0.2) is 18.1 Å². The number of hydrogen-bond acceptors (Lipinski definition) is 3. The van der Waals surface area contributed by atoms with E-state index in [-0.39, 0.29) is 0 Å². The van der Waals surface area contributed by atoms with Gasteiger partial charge in [0.25, 0.3) is 0 Å². The lowest BCUT2D eigenvalue weighted by Crippen LogP contribution is -2.30. The van der Waals surface area contributed by atoms with Gasteiger partial charge in [0, 0.05) is 24.2 Å². The third kappa shape index (κ3) is 3.16. The van der Waals surface area contributed by atoms with Gasteiger partial charge in [0.1, 0.15) is 5.82 Å². The van der Waals surface area contributed by atoms with Crippen LogP contribution in [0.5, 0.6) is 0 Å². The quantitative estimate of drug-likeness (QED) is 0.849. The molecule has 1 aromatic carbocycles. The molecular weight excluding hydrogens is 234 g/mol. The number of benzene rings is 1. The second kappa shape index (κ2) is 5.47. The van der Waals surface area contributed by atoms with Gasteiger partial charge in [-0.05, 0) is 49.6 Å². The van der Waals surface area contributed by atoms with E-state index < -0.39 is 0 Å². The van der Waals surface area contributed by atoms with E-state index in [1.165, 1.54) is 0 Å². The largest absolute Gasteiger partial charge is 0.399 e. The highest BCUT2D eigenvalue weighted by Gasteiger charge is 2.13. The monoisotopic (exact) mass is 257 g/mol. The second-order valence-electron chi connectivity index (χ2n) is 5.71. The van der Waals surface area contributed by atoms with Crippen LogP contribution in [0.2, 0.25) is 0 Å². The first kappa shape index (κ1) is 13.7. The lowest BCUT2D eigenvalue weighted by atomic mass is 10.0. The van der Waals surface area contributed by atoms with Crippen molar-refractivity contribution in [3.05, 3.63) is 30.3 Å². The first-order valence-corrected chi connectivity index (χ1v) is 6.86. The molecule has 1 unspecified atom stereocenters. The summed E-state index contributed by atoms with van der Waals surface area (Å²) < 4.78 is 0. The van der Waals surface area contributed by atoms with Crippen molar-refractivity contribution in [2.45, 2.75) is 33.2 Å². The van der Waals surface area contributed by atoms with Crippen LogP contribution in [-0.2, 0) is 0 Å². The number of fused-ring (bicyclic) bond motifs is 1. The van der Waals surface area contributed by atoms with Gasteiger partial charge in [0.15, 0.2) is 0 Å². The highest BCUT2D eigenvalue weighted by Crippen LogP contribution is 2.22. The predicted octanol–water partition coefficient (Wildman–Crippen LogP) is 3.69. The average molecular weight is 257 g/mol. The molecule has 0 spiro atoms. The van der Waals surface area contributed by atoms with E-state index in [1.54, 1.807) is 0 Å². The molecule has 0 aliphatic heterocycles. The number of rotatable bonds is 4. The molecule has 0 amide bonds. The molecular formula is C16H23N3. The molecule has 2 N–H and O–H groups in total.